The Morgan fingerprint density at radius 1 is 1.24 bits per heavy atom. The van der Waals surface area contributed by atoms with Crippen LogP contribution < -0.4 is 10.6 Å². The molecule has 1 aromatic carbocycles. The zero-order valence-corrected chi connectivity index (χ0v) is 16.9. The SMILES string of the molecule is CCN(CC)Cc1ccccc1CNC(=O)C1NCCCC1(C)C.Cl. The minimum absolute atomic E-state index is 0. The van der Waals surface area contributed by atoms with Gasteiger partial charge in [0, 0.05) is 13.1 Å². The Kier molecular flexibility index (Phi) is 8.91. The van der Waals surface area contributed by atoms with Gasteiger partial charge in [0.2, 0.25) is 5.91 Å². The average molecular weight is 368 g/mol. The Hall–Kier alpha value is -1.10. The highest BCUT2D eigenvalue weighted by molar-refractivity contribution is 5.85. The lowest BCUT2D eigenvalue weighted by atomic mass is 9.77. The first-order valence-corrected chi connectivity index (χ1v) is 9.28. The molecule has 0 aromatic heterocycles. The third-order valence-electron chi connectivity index (χ3n) is 5.25. The van der Waals surface area contributed by atoms with Gasteiger partial charge in [-0.05, 0) is 49.0 Å². The molecule has 0 saturated carbocycles. The van der Waals surface area contributed by atoms with Crippen molar-refractivity contribution in [1.82, 2.24) is 15.5 Å². The molecule has 1 saturated heterocycles. The number of carbonyl (C=O) groups excluding carboxylic acids is 1. The smallest absolute Gasteiger partial charge is 0.237 e. The molecule has 1 unspecified atom stereocenters. The lowest BCUT2D eigenvalue weighted by Gasteiger charge is -2.38. The summed E-state index contributed by atoms with van der Waals surface area (Å²) in [4.78, 5) is 15.0. The van der Waals surface area contributed by atoms with E-state index in [2.05, 4.69) is 67.5 Å². The van der Waals surface area contributed by atoms with Gasteiger partial charge in [-0.25, -0.2) is 0 Å². The fraction of sp³-hybridized carbons (Fsp3) is 0.650. The molecule has 1 aliphatic rings. The Morgan fingerprint density at radius 3 is 2.48 bits per heavy atom. The fourth-order valence-corrected chi connectivity index (χ4v) is 3.52. The first kappa shape index (κ1) is 21.9. The summed E-state index contributed by atoms with van der Waals surface area (Å²) in [6.07, 6.45) is 2.24. The molecule has 25 heavy (non-hydrogen) atoms. The number of rotatable bonds is 7. The Morgan fingerprint density at radius 2 is 1.88 bits per heavy atom. The number of benzene rings is 1. The van der Waals surface area contributed by atoms with Gasteiger partial charge < -0.3 is 10.6 Å². The Bertz CT molecular complexity index is 543. The zero-order valence-electron chi connectivity index (χ0n) is 16.1. The third-order valence-corrected chi connectivity index (χ3v) is 5.25. The number of hydrogen-bond donors (Lipinski definition) is 2. The van der Waals surface area contributed by atoms with Crippen molar-refractivity contribution in [2.45, 2.75) is 59.7 Å². The van der Waals surface area contributed by atoms with Crippen LogP contribution in [0.4, 0.5) is 0 Å². The van der Waals surface area contributed by atoms with Gasteiger partial charge in [0.25, 0.3) is 0 Å². The summed E-state index contributed by atoms with van der Waals surface area (Å²) >= 11 is 0. The van der Waals surface area contributed by atoms with Gasteiger partial charge in [-0.2, -0.15) is 0 Å². The second kappa shape index (κ2) is 10.1. The number of piperidine rings is 1. The van der Waals surface area contributed by atoms with E-state index in [9.17, 15) is 4.79 Å². The van der Waals surface area contributed by atoms with Crippen LogP contribution in [0.5, 0.6) is 0 Å². The maximum absolute atomic E-state index is 12.6. The number of carbonyl (C=O) groups is 1. The van der Waals surface area contributed by atoms with Crippen molar-refractivity contribution in [2.24, 2.45) is 5.41 Å². The quantitative estimate of drug-likeness (QED) is 0.776. The van der Waals surface area contributed by atoms with Crippen molar-refractivity contribution in [3.8, 4) is 0 Å². The van der Waals surface area contributed by atoms with E-state index in [1.807, 2.05) is 0 Å². The highest BCUT2D eigenvalue weighted by Gasteiger charge is 2.36. The molecule has 1 atom stereocenters. The van der Waals surface area contributed by atoms with E-state index in [0.29, 0.717) is 6.54 Å². The van der Waals surface area contributed by atoms with Crippen LogP contribution in [-0.2, 0) is 17.9 Å². The molecule has 142 valence electrons. The topological polar surface area (TPSA) is 44.4 Å². The first-order valence-electron chi connectivity index (χ1n) is 9.28. The molecule has 0 radical (unpaired) electrons. The lowest BCUT2D eigenvalue weighted by Crippen LogP contribution is -2.55. The van der Waals surface area contributed by atoms with E-state index < -0.39 is 0 Å². The van der Waals surface area contributed by atoms with Crippen molar-refractivity contribution in [2.75, 3.05) is 19.6 Å². The highest BCUT2D eigenvalue weighted by Crippen LogP contribution is 2.30. The first-order chi connectivity index (χ1) is 11.5. The molecular weight excluding hydrogens is 334 g/mol. The van der Waals surface area contributed by atoms with Crippen molar-refractivity contribution < 1.29 is 4.79 Å². The minimum Gasteiger partial charge on any atom is -0.351 e. The van der Waals surface area contributed by atoms with Crippen LogP contribution >= 0.6 is 12.4 Å². The van der Waals surface area contributed by atoms with Crippen molar-refractivity contribution >= 4 is 18.3 Å². The van der Waals surface area contributed by atoms with E-state index in [1.54, 1.807) is 0 Å². The second-order valence-corrected chi connectivity index (χ2v) is 7.43. The molecule has 2 N–H and O–H groups in total. The molecule has 1 heterocycles. The summed E-state index contributed by atoms with van der Waals surface area (Å²) in [5, 5.41) is 6.54. The van der Waals surface area contributed by atoms with Gasteiger partial charge in [-0.15, -0.1) is 12.4 Å². The van der Waals surface area contributed by atoms with Crippen LogP contribution in [0, 0.1) is 5.41 Å². The molecule has 0 bridgehead atoms. The van der Waals surface area contributed by atoms with E-state index in [4.69, 9.17) is 0 Å². The predicted molar refractivity (Wildman–Crippen MR) is 107 cm³/mol. The lowest BCUT2D eigenvalue weighted by molar-refractivity contribution is -0.126. The summed E-state index contributed by atoms with van der Waals surface area (Å²) in [7, 11) is 0. The van der Waals surface area contributed by atoms with Crippen molar-refractivity contribution in [3.05, 3.63) is 35.4 Å². The second-order valence-electron chi connectivity index (χ2n) is 7.43. The summed E-state index contributed by atoms with van der Waals surface area (Å²) < 4.78 is 0. The van der Waals surface area contributed by atoms with Gasteiger partial charge in [0.15, 0.2) is 0 Å². The molecular formula is C20H34ClN3O. The maximum Gasteiger partial charge on any atom is 0.237 e. The minimum atomic E-state index is -0.0961. The molecule has 2 rings (SSSR count). The normalized spacial score (nSPS) is 19.3. The van der Waals surface area contributed by atoms with Gasteiger partial charge >= 0.3 is 0 Å². The summed E-state index contributed by atoms with van der Waals surface area (Å²) in [6, 6.07) is 8.33. The van der Waals surface area contributed by atoms with E-state index in [-0.39, 0.29) is 29.8 Å². The van der Waals surface area contributed by atoms with Gasteiger partial charge in [-0.1, -0.05) is 52.0 Å². The Labute approximate surface area is 159 Å². The van der Waals surface area contributed by atoms with Crippen LogP contribution in [0.25, 0.3) is 0 Å². The summed E-state index contributed by atoms with van der Waals surface area (Å²) in [6.45, 7) is 13.3. The van der Waals surface area contributed by atoms with Gasteiger partial charge in [0.05, 0.1) is 6.04 Å². The van der Waals surface area contributed by atoms with Crippen molar-refractivity contribution in [1.29, 1.82) is 0 Å². The number of amides is 1. The Balaban J connectivity index is 0.00000312. The summed E-state index contributed by atoms with van der Waals surface area (Å²) in [5.41, 5.74) is 2.53. The van der Waals surface area contributed by atoms with Crippen LogP contribution in [0.15, 0.2) is 24.3 Å². The monoisotopic (exact) mass is 367 g/mol. The fourth-order valence-electron chi connectivity index (χ4n) is 3.52. The largest absolute Gasteiger partial charge is 0.351 e. The van der Waals surface area contributed by atoms with E-state index in [0.717, 1.165) is 39.0 Å². The average Bonchev–Trinajstić information content (AvgIpc) is 2.58. The summed E-state index contributed by atoms with van der Waals surface area (Å²) in [5.74, 6) is 0.123. The van der Waals surface area contributed by atoms with Gasteiger partial charge in [-0.3, -0.25) is 9.69 Å². The number of nitrogens with one attached hydrogen (secondary N) is 2. The molecule has 0 spiro atoms. The number of hydrogen-bond acceptors (Lipinski definition) is 3. The molecule has 1 amide bonds. The standard InChI is InChI=1S/C20H33N3O.ClH/c1-5-23(6-2)15-17-11-8-7-10-16(17)14-22-19(24)18-20(3,4)12-9-13-21-18;/h7-8,10-11,18,21H,5-6,9,12-15H2,1-4H3,(H,22,24);1H. The van der Waals surface area contributed by atoms with Crippen LogP contribution in [-0.4, -0.2) is 36.5 Å². The van der Waals surface area contributed by atoms with Crippen molar-refractivity contribution in [3.63, 3.8) is 0 Å². The van der Waals surface area contributed by atoms with Crippen LogP contribution in [0.2, 0.25) is 0 Å². The highest BCUT2D eigenvalue weighted by atomic mass is 35.5. The molecule has 1 aromatic rings. The van der Waals surface area contributed by atoms with E-state index in [1.165, 1.54) is 11.1 Å². The van der Waals surface area contributed by atoms with Gasteiger partial charge in [0.1, 0.15) is 0 Å². The van der Waals surface area contributed by atoms with Crippen LogP contribution in [0.1, 0.15) is 51.7 Å². The molecule has 1 fully saturated rings. The number of halogens is 1. The molecule has 1 aliphatic heterocycles. The maximum atomic E-state index is 12.6. The van der Waals surface area contributed by atoms with Crippen LogP contribution in [0.3, 0.4) is 0 Å². The third kappa shape index (κ3) is 5.98. The predicted octanol–water partition coefficient (Wildman–Crippen LogP) is 3.34. The molecule has 0 aliphatic carbocycles. The molecule has 4 nitrogen and oxygen atoms in total. The van der Waals surface area contributed by atoms with E-state index >= 15 is 0 Å². The zero-order chi connectivity index (χ0) is 17.6. The molecule has 5 heteroatoms. The number of nitrogens with zero attached hydrogens (tertiary/aromatic N) is 1.